The highest BCUT2D eigenvalue weighted by Gasteiger charge is 2.32. The number of nitrogens with zero attached hydrogens (tertiary/aromatic N) is 1. The van der Waals surface area contributed by atoms with Gasteiger partial charge in [0.05, 0.1) is 0 Å². The van der Waals surface area contributed by atoms with Crippen molar-refractivity contribution in [1.82, 2.24) is 15.0 Å². The first-order valence-corrected chi connectivity index (χ1v) is 6.93. The van der Waals surface area contributed by atoms with Crippen molar-refractivity contribution in [2.24, 2.45) is 0 Å². The summed E-state index contributed by atoms with van der Waals surface area (Å²) in [5.41, 5.74) is -1.12. The monoisotopic (exact) mass is 333 g/mol. The molecule has 0 saturated heterocycles. The normalized spacial score (nSPS) is 12.0. The van der Waals surface area contributed by atoms with E-state index in [0.29, 0.717) is 25.2 Å². The van der Waals surface area contributed by atoms with Gasteiger partial charge in [-0.05, 0) is 32.1 Å². The third-order valence-electron chi connectivity index (χ3n) is 2.23. The number of halogens is 4. The summed E-state index contributed by atoms with van der Waals surface area (Å²) in [5, 5.41) is 2.85. The summed E-state index contributed by atoms with van der Waals surface area (Å²) in [4.78, 5) is 2.82. The molecule has 0 spiro atoms. The standard InChI is InChI=1S/C10H14F3N3O2S.ClH/c1-14-5-2-6-16-19(17,18)8-3-4-9(15-7-8)10(11,12)13;/h3-4,7,14,16H,2,5-6H2,1H3;1H. The van der Waals surface area contributed by atoms with Crippen LogP contribution in [0.5, 0.6) is 0 Å². The highest BCUT2D eigenvalue weighted by atomic mass is 35.5. The van der Waals surface area contributed by atoms with E-state index in [0.717, 1.165) is 6.07 Å². The van der Waals surface area contributed by atoms with E-state index in [-0.39, 0.29) is 23.8 Å². The Bertz CT molecular complexity index is 505. The molecule has 1 aromatic rings. The van der Waals surface area contributed by atoms with Gasteiger partial charge in [-0.1, -0.05) is 0 Å². The smallest absolute Gasteiger partial charge is 0.320 e. The number of alkyl halides is 3. The minimum Gasteiger partial charge on any atom is -0.320 e. The van der Waals surface area contributed by atoms with Gasteiger partial charge in [0.25, 0.3) is 0 Å². The van der Waals surface area contributed by atoms with Crippen LogP contribution >= 0.6 is 12.4 Å². The lowest BCUT2D eigenvalue weighted by Gasteiger charge is -2.08. The van der Waals surface area contributed by atoms with E-state index in [1.807, 2.05) is 0 Å². The molecule has 116 valence electrons. The molecule has 1 aromatic heterocycles. The van der Waals surface area contributed by atoms with Crippen LogP contribution in [-0.2, 0) is 16.2 Å². The molecule has 1 rings (SSSR count). The van der Waals surface area contributed by atoms with Crippen molar-refractivity contribution in [3.8, 4) is 0 Å². The van der Waals surface area contributed by atoms with Gasteiger partial charge >= 0.3 is 6.18 Å². The minimum atomic E-state index is -4.58. The van der Waals surface area contributed by atoms with Crippen LogP contribution in [-0.4, -0.2) is 33.5 Å². The fourth-order valence-electron chi connectivity index (χ4n) is 1.26. The molecule has 0 atom stereocenters. The van der Waals surface area contributed by atoms with E-state index in [4.69, 9.17) is 0 Å². The fraction of sp³-hybridized carbons (Fsp3) is 0.500. The van der Waals surface area contributed by atoms with Gasteiger partial charge in [-0.2, -0.15) is 13.2 Å². The van der Waals surface area contributed by atoms with E-state index in [9.17, 15) is 21.6 Å². The maximum atomic E-state index is 12.3. The summed E-state index contributed by atoms with van der Waals surface area (Å²) >= 11 is 0. The average molecular weight is 334 g/mol. The Hall–Kier alpha value is -0.900. The number of hydrogen-bond donors (Lipinski definition) is 2. The highest BCUT2D eigenvalue weighted by molar-refractivity contribution is 7.89. The summed E-state index contributed by atoms with van der Waals surface area (Å²) in [6.45, 7) is 0.831. The number of rotatable bonds is 6. The molecule has 0 unspecified atom stereocenters. The van der Waals surface area contributed by atoms with Gasteiger partial charge in [0.15, 0.2) is 0 Å². The molecule has 0 saturated carbocycles. The number of hydrogen-bond acceptors (Lipinski definition) is 4. The van der Waals surface area contributed by atoms with Crippen LogP contribution in [0.25, 0.3) is 0 Å². The van der Waals surface area contributed by atoms with Crippen molar-refractivity contribution < 1.29 is 21.6 Å². The third-order valence-corrected chi connectivity index (χ3v) is 3.68. The van der Waals surface area contributed by atoms with Crippen molar-refractivity contribution in [2.75, 3.05) is 20.1 Å². The topological polar surface area (TPSA) is 71.1 Å². The first-order chi connectivity index (χ1) is 8.77. The zero-order valence-electron chi connectivity index (χ0n) is 10.6. The maximum Gasteiger partial charge on any atom is 0.433 e. The Morgan fingerprint density at radius 3 is 2.35 bits per heavy atom. The Balaban J connectivity index is 0.00000361. The van der Waals surface area contributed by atoms with Crippen molar-refractivity contribution in [2.45, 2.75) is 17.5 Å². The second-order valence-corrected chi connectivity index (χ2v) is 5.50. The largest absolute Gasteiger partial charge is 0.433 e. The number of pyridine rings is 1. The predicted molar refractivity (Wildman–Crippen MR) is 70.2 cm³/mol. The first-order valence-electron chi connectivity index (χ1n) is 5.45. The van der Waals surface area contributed by atoms with E-state index in [2.05, 4.69) is 15.0 Å². The lowest BCUT2D eigenvalue weighted by atomic mass is 10.3. The minimum absolute atomic E-state index is 0. The van der Waals surface area contributed by atoms with Crippen LogP contribution in [0.1, 0.15) is 12.1 Å². The zero-order chi connectivity index (χ0) is 14.5. The van der Waals surface area contributed by atoms with Gasteiger partial charge in [-0.3, -0.25) is 4.98 Å². The first kappa shape index (κ1) is 19.1. The SMILES string of the molecule is CNCCCNS(=O)(=O)c1ccc(C(F)(F)F)nc1.Cl. The van der Waals surface area contributed by atoms with Crippen molar-refractivity contribution in [3.63, 3.8) is 0 Å². The van der Waals surface area contributed by atoms with E-state index in [1.165, 1.54) is 0 Å². The summed E-state index contributed by atoms with van der Waals surface area (Å²) in [6.07, 6.45) is -3.31. The molecule has 0 aliphatic rings. The van der Waals surface area contributed by atoms with Gasteiger partial charge in [-0.15, -0.1) is 12.4 Å². The van der Waals surface area contributed by atoms with Crippen LogP contribution in [0.2, 0.25) is 0 Å². The number of nitrogens with one attached hydrogen (secondary N) is 2. The van der Waals surface area contributed by atoms with Crippen molar-refractivity contribution >= 4 is 22.4 Å². The Kier molecular flexibility index (Phi) is 7.42. The Morgan fingerprint density at radius 2 is 1.90 bits per heavy atom. The summed E-state index contributed by atoms with van der Waals surface area (Å²) in [7, 11) is -2.08. The van der Waals surface area contributed by atoms with Crippen LogP contribution in [0.4, 0.5) is 13.2 Å². The van der Waals surface area contributed by atoms with Gasteiger partial charge in [0, 0.05) is 12.7 Å². The number of sulfonamides is 1. The van der Waals surface area contributed by atoms with E-state index >= 15 is 0 Å². The lowest BCUT2D eigenvalue weighted by Crippen LogP contribution is -2.27. The summed E-state index contributed by atoms with van der Waals surface area (Å²) < 4.78 is 62.5. The number of aromatic nitrogens is 1. The van der Waals surface area contributed by atoms with Crippen molar-refractivity contribution in [3.05, 3.63) is 24.0 Å². The summed E-state index contributed by atoms with van der Waals surface area (Å²) in [6, 6.07) is 1.53. The molecule has 10 heteroatoms. The van der Waals surface area contributed by atoms with Crippen LogP contribution in [0, 0.1) is 0 Å². The van der Waals surface area contributed by atoms with E-state index in [1.54, 1.807) is 7.05 Å². The summed E-state index contributed by atoms with van der Waals surface area (Å²) in [5.74, 6) is 0. The molecule has 1 heterocycles. The molecule has 20 heavy (non-hydrogen) atoms. The van der Waals surface area contributed by atoms with Gasteiger partial charge in [-0.25, -0.2) is 13.1 Å². The fourth-order valence-corrected chi connectivity index (χ4v) is 2.28. The molecule has 0 amide bonds. The molecule has 0 bridgehead atoms. The van der Waals surface area contributed by atoms with Crippen LogP contribution < -0.4 is 10.0 Å². The van der Waals surface area contributed by atoms with Crippen LogP contribution in [0.15, 0.2) is 23.2 Å². The average Bonchev–Trinajstić information content (AvgIpc) is 2.34. The predicted octanol–water partition coefficient (Wildman–Crippen LogP) is 1.41. The van der Waals surface area contributed by atoms with Crippen LogP contribution in [0.3, 0.4) is 0 Å². The quantitative estimate of drug-likeness (QED) is 0.772. The van der Waals surface area contributed by atoms with Crippen molar-refractivity contribution in [1.29, 1.82) is 0 Å². The molecule has 0 aromatic carbocycles. The maximum absolute atomic E-state index is 12.3. The highest BCUT2D eigenvalue weighted by Crippen LogP contribution is 2.27. The van der Waals surface area contributed by atoms with Gasteiger partial charge in [0.1, 0.15) is 10.6 Å². The Morgan fingerprint density at radius 1 is 1.25 bits per heavy atom. The molecule has 0 aliphatic carbocycles. The zero-order valence-corrected chi connectivity index (χ0v) is 12.2. The second-order valence-electron chi connectivity index (χ2n) is 3.73. The molecule has 0 fully saturated rings. The molecule has 2 N–H and O–H groups in total. The molecule has 5 nitrogen and oxygen atoms in total. The lowest BCUT2D eigenvalue weighted by molar-refractivity contribution is -0.141. The molecule has 0 aliphatic heterocycles. The second kappa shape index (κ2) is 7.77. The third kappa shape index (κ3) is 5.61. The molecule has 0 radical (unpaired) electrons. The van der Waals surface area contributed by atoms with Gasteiger partial charge in [0.2, 0.25) is 10.0 Å². The Labute approximate surface area is 121 Å². The molecular formula is C10H15ClF3N3O2S. The van der Waals surface area contributed by atoms with Gasteiger partial charge < -0.3 is 5.32 Å². The van der Waals surface area contributed by atoms with E-state index < -0.39 is 21.9 Å². The molecular weight excluding hydrogens is 319 g/mol.